The van der Waals surface area contributed by atoms with Gasteiger partial charge in [-0.3, -0.25) is 14.4 Å². The third-order valence-corrected chi connectivity index (χ3v) is 11.6. The highest BCUT2D eigenvalue weighted by Gasteiger charge is 2.19. The maximum absolute atomic E-state index is 12.8. The van der Waals surface area contributed by atoms with Crippen molar-refractivity contribution in [3.05, 3.63) is 48.6 Å². The average molecular weight is 869 g/mol. The van der Waals surface area contributed by atoms with E-state index in [9.17, 15) is 14.4 Å². The van der Waals surface area contributed by atoms with Crippen LogP contribution in [-0.2, 0) is 28.6 Å². The lowest BCUT2D eigenvalue weighted by Gasteiger charge is -2.18. The van der Waals surface area contributed by atoms with E-state index in [1.54, 1.807) is 0 Å². The second kappa shape index (κ2) is 51.0. The van der Waals surface area contributed by atoms with Crippen molar-refractivity contribution in [2.45, 2.75) is 277 Å². The number of carbonyl (C=O) groups is 3. The van der Waals surface area contributed by atoms with Crippen LogP contribution in [0.2, 0.25) is 0 Å². The van der Waals surface area contributed by atoms with Crippen molar-refractivity contribution in [3.8, 4) is 0 Å². The first-order chi connectivity index (χ1) is 30.5. The minimum atomic E-state index is -0.778. The Morgan fingerprint density at radius 1 is 0.339 bits per heavy atom. The molecule has 0 aromatic carbocycles. The van der Waals surface area contributed by atoms with Crippen molar-refractivity contribution in [2.75, 3.05) is 13.2 Å². The topological polar surface area (TPSA) is 78.9 Å². The highest BCUT2D eigenvalue weighted by Crippen LogP contribution is 2.15. The van der Waals surface area contributed by atoms with Crippen molar-refractivity contribution in [2.24, 2.45) is 0 Å². The molecule has 0 aliphatic carbocycles. The Morgan fingerprint density at radius 3 is 1.00 bits per heavy atom. The van der Waals surface area contributed by atoms with Gasteiger partial charge in [0.05, 0.1) is 0 Å². The molecule has 6 nitrogen and oxygen atoms in total. The Morgan fingerprint density at radius 2 is 0.629 bits per heavy atom. The predicted octanol–water partition coefficient (Wildman–Crippen LogP) is 17.5. The summed E-state index contributed by atoms with van der Waals surface area (Å²) in [6, 6.07) is 0. The molecule has 0 aliphatic rings. The quantitative estimate of drug-likeness (QED) is 0.0262. The molecular formula is C56H100O6. The van der Waals surface area contributed by atoms with Crippen LogP contribution < -0.4 is 0 Å². The summed E-state index contributed by atoms with van der Waals surface area (Å²) in [6.45, 7) is 6.52. The summed E-state index contributed by atoms with van der Waals surface area (Å²) in [7, 11) is 0. The molecule has 0 aromatic rings. The molecule has 360 valence electrons. The molecule has 62 heavy (non-hydrogen) atoms. The van der Waals surface area contributed by atoms with Gasteiger partial charge in [-0.25, -0.2) is 0 Å². The highest BCUT2D eigenvalue weighted by molar-refractivity contribution is 5.71. The molecular weight excluding hydrogens is 769 g/mol. The Bertz CT molecular complexity index is 1090. The molecule has 0 bridgehead atoms. The van der Waals surface area contributed by atoms with Crippen molar-refractivity contribution in [3.63, 3.8) is 0 Å². The van der Waals surface area contributed by atoms with Crippen molar-refractivity contribution < 1.29 is 28.6 Å². The summed E-state index contributed by atoms with van der Waals surface area (Å²) in [6.07, 6.45) is 60.9. The molecule has 0 saturated heterocycles. The van der Waals surface area contributed by atoms with Gasteiger partial charge in [0.15, 0.2) is 6.10 Å². The first kappa shape index (κ1) is 59.4. The molecule has 0 radical (unpaired) electrons. The lowest BCUT2D eigenvalue weighted by molar-refractivity contribution is -0.167. The van der Waals surface area contributed by atoms with Crippen molar-refractivity contribution in [1.82, 2.24) is 0 Å². The van der Waals surface area contributed by atoms with E-state index in [0.717, 1.165) is 96.3 Å². The fraction of sp³-hybridized carbons (Fsp3) is 0.804. The summed E-state index contributed by atoms with van der Waals surface area (Å²) in [5.74, 6) is -0.891. The minimum Gasteiger partial charge on any atom is -0.462 e. The van der Waals surface area contributed by atoms with E-state index in [1.807, 2.05) is 0 Å². The van der Waals surface area contributed by atoms with E-state index in [-0.39, 0.29) is 31.1 Å². The standard InChI is InChI=1S/C56H100O6/c1-4-7-10-13-16-19-22-25-27-28-30-32-35-37-40-43-46-49-55(58)61-52-53(62-56(59)50-47-44-41-38-33-24-21-18-15-12-9-6-3)51-60-54(57)48-45-42-39-36-34-31-29-26-23-20-17-14-11-8-5-2/h8,11,17,20,25-27,29,53H,4-7,9-10,12-16,18-19,21-24,28,30-52H2,1-3H3/b11-8-,20-17-,27-25-,29-26-/t53-/m1/s1. The zero-order valence-corrected chi connectivity index (χ0v) is 41.1. The molecule has 0 saturated carbocycles. The molecule has 0 amide bonds. The number of hydrogen-bond acceptors (Lipinski definition) is 6. The number of allylic oxidation sites excluding steroid dienone is 8. The smallest absolute Gasteiger partial charge is 0.306 e. The summed E-state index contributed by atoms with van der Waals surface area (Å²) >= 11 is 0. The van der Waals surface area contributed by atoms with E-state index in [2.05, 4.69) is 69.4 Å². The fourth-order valence-electron chi connectivity index (χ4n) is 7.57. The number of ether oxygens (including phenoxy) is 3. The Labute approximate surface area is 384 Å². The van der Waals surface area contributed by atoms with Crippen LogP contribution in [0.1, 0.15) is 271 Å². The van der Waals surface area contributed by atoms with Gasteiger partial charge < -0.3 is 14.2 Å². The molecule has 6 heteroatoms. The highest BCUT2D eigenvalue weighted by atomic mass is 16.6. The molecule has 0 N–H and O–H groups in total. The van der Waals surface area contributed by atoms with Gasteiger partial charge in [-0.2, -0.15) is 0 Å². The maximum Gasteiger partial charge on any atom is 0.306 e. The molecule has 0 heterocycles. The van der Waals surface area contributed by atoms with Gasteiger partial charge >= 0.3 is 17.9 Å². The third-order valence-electron chi connectivity index (χ3n) is 11.6. The van der Waals surface area contributed by atoms with E-state index in [0.29, 0.717) is 19.3 Å². The van der Waals surface area contributed by atoms with Crippen molar-refractivity contribution in [1.29, 1.82) is 0 Å². The number of esters is 3. The summed E-state index contributed by atoms with van der Waals surface area (Å²) < 4.78 is 16.8. The molecule has 0 spiro atoms. The van der Waals surface area contributed by atoms with Gasteiger partial charge in [-0.1, -0.05) is 223 Å². The molecule has 0 unspecified atom stereocenters. The van der Waals surface area contributed by atoms with Crippen LogP contribution in [0.4, 0.5) is 0 Å². The summed E-state index contributed by atoms with van der Waals surface area (Å²) in [4.78, 5) is 38.0. The van der Waals surface area contributed by atoms with Crippen LogP contribution in [0.3, 0.4) is 0 Å². The first-order valence-electron chi connectivity index (χ1n) is 26.6. The van der Waals surface area contributed by atoms with Crippen LogP contribution in [0, 0.1) is 0 Å². The van der Waals surface area contributed by atoms with Gasteiger partial charge in [-0.05, 0) is 77.0 Å². The predicted molar refractivity (Wildman–Crippen MR) is 265 cm³/mol. The van der Waals surface area contributed by atoms with Gasteiger partial charge in [0.1, 0.15) is 13.2 Å². The normalized spacial score (nSPS) is 12.4. The van der Waals surface area contributed by atoms with Crippen LogP contribution in [0.25, 0.3) is 0 Å². The monoisotopic (exact) mass is 869 g/mol. The van der Waals surface area contributed by atoms with E-state index >= 15 is 0 Å². The second-order valence-electron chi connectivity index (χ2n) is 17.8. The number of unbranched alkanes of at least 4 members (excludes halogenated alkanes) is 29. The number of rotatable bonds is 48. The fourth-order valence-corrected chi connectivity index (χ4v) is 7.57. The van der Waals surface area contributed by atoms with Crippen LogP contribution >= 0.6 is 0 Å². The number of carbonyl (C=O) groups excluding carboxylic acids is 3. The van der Waals surface area contributed by atoms with Gasteiger partial charge in [0.25, 0.3) is 0 Å². The zero-order valence-electron chi connectivity index (χ0n) is 41.1. The Kier molecular flexibility index (Phi) is 48.8. The van der Waals surface area contributed by atoms with E-state index < -0.39 is 6.10 Å². The molecule has 1 atom stereocenters. The van der Waals surface area contributed by atoms with Crippen LogP contribution in [-0.4, -0.2) is 37.2 Å². The largest absolute Gasteiger partial charge is 0.462 e. The second-order valence-corrected chi connectivity index (χ2v) is 17.8. The third kappa shape index (κ3) is 48.4. The van der Waals surface area contributed by atoms with Gasteiger partial charge in [-0.15, -0.1) is 0 Å². The van der Waals surface area contributed by atoms with Crippen LogP contribution in [0.15, 0.2) is 48.6 Å². The van der Waals surface area contributed by atoms with Gasteiger partial charge in [0, 0.05) is 19.3 Å². The van der Waals surface area contributed by atoms with Gasteiger partial charge in [0.2, 0.25) is 0 Å². The maximum atomic E-state index is 12.8. The van der Waals surface area contributed by atoms with E-state index in [4.69, 9.17) is 14.2 Å². The molecule has 0 aliphatic heterocycles. The minimum absolute atomic E-state index is 0.0786. The molecule has 0 rings (SSSR count). The summed E-state index contributed by atoms with van der Waals surface area (Å²) in [5, 5.41) is 0. The van der Waals surface area contributed by atoms with E-state index in [1.165, 1.54) is 135 Å². The Hall–Kier alpha value is -2.63. The first-order valence-corrected chi connectivity index (χ1v) is 26.6. The lowest BCUT2D eigenvalue weighted by atomic mass is 10.0. The van der Waals surface area contributed by atoms with Crippen molar-refractivity contribution >= 4 is 17.9 Å². The SMILES string of the molecule is CC/C=C\C/C=C\C/C=C\CCCCCCCC(=O)OC[C@H](COC(=O)CCCCCCCCC/C=C\CCCCCCCC)OC(=O)CCCCCCCCCCCCCC. The zero-order chi connectivity index (χ0) is 45.1. The number of hydrogen-bond donors (Lipinski definition) is 0. The lowest BCUT2D eigenvalue weighted by Crippen LogP contribution is -2.30. The summed E-state index contributed by atoms with van der Waals surface area (Å²) in [5.41, 5.74) is 0. The average Bonchev–Trinajstić information content (AvgIpc) is 3.27. The molecule has 0 aromatic heterocycles. The Balaban J connectivity index is 4.36. The van der Waals surface area contributed by atoms with Crippen LogP contribution in [0.5, 0.6) is 0 Å². The molecule has 0 fully saturated rings.